The van der Waals surface area contributed by atoms with E-state index in [-0.39, 0.29) is 42.1 Å². The van der Waals surface area contributed by atoms with E-state index in [0.29, 0.717) is 25.6 Å². The van der Waals surface area contributed by atoms with Crippen molar-refractivity contribution in [2.75, 3.05) is 20.2 Å². The first kappa shape index (κ1) is 24.6. The SMILES string of the molecule is CN=C(NCc1ccc(Cn2ccccc2=O)cc1)NCC(CO)c1ccccc1.I. The van der Waals surface area contributed by atoms with Crippen molar-refractivity contribution in [3.05, 3.63) is 106 Å². The second-order valence-electron chi connectivity index (χ2n) is 7.08. The molecule has 3 aromatic rings. The highest BCUT2D eigenvalue weighted by Gasteiger charge is 2.10. The zero-order valence-corrected chi connectivity index (χ0v) is 19.9. The Morgan fingerprint density at radius 2 is 1.65 bits per heavy atom. The number of guanidine groups is 1. The minimum Gasteiger partial charge on any atom is -0.396 e. The number of nitrogens with one attached hydrogen (secondary N) is 2. The van der Waals surface area contributed by atoms with Gasteiger partial charge in [-0.05, 0) is 22.8 Å². The fourth-order valence-corrected chi connectivity index (χ4v) is 3.19. The summed E-state index contributed by atoms with van der Waals surface area (Å²) in [5, 5.41) is 16.3. The van der Waals surface area contributed by atoms with Crippen molar-refractivity contribution >= 4 is 29.9 Å². The molecule has 3 rings (SSSR count). The maximum atomic E-state index is 11.8. The normalized spacial score (nSPS) is 12.0. The number of halogens is 1. The monoisotopic (exact) mass is 532 g/mol. The Labute approximate surface area is 200 Å². The van der Waals surface area contributed by atoms with Crippen molar-refractivity contribution in [2.24, 2.45) is 4.99 Å². The minimum absolute atomic E-state index is 0. The van der Waals surface area contributed by atoms with Crippen LogP contribution >= 0.6 is 24.0 Å². The number of aliphatic hydroxyl groups excluding tert-OH is 1. The summed E-state index contributed by atoms with van der Waals surface area (Å²) in [6.07, 6.45) is 1.79. The fourth-order valence-electron chi connectivity index (χ4n) is 3.19. The van der Waals surface area contributed by atoms with Gasteiger partial charge in [0.1, 0.15) is 0 Å². The summed E-state index contributed by atoms with van der Waals surface area (Å²) in [4.78, 5) is 16.1. The van der Waals surface area contributed by atoms with Crippen LogP contribution < -0.4 is 16.2 Å². The van der Waals surface area contributed by atoms with Crippen LogP contribution in [0.3, 0.4) is 0 Å². The summed E-state index contributed by atoms with van der Waals surface area (Å²) in [6, 6.07) is 23.3. The number of hydrogen-bond donors (Lipinski definition) is 3. The molecule has 0 spiro atoms. The quantitative estimate of drug-likeness (QED) is 0.237. The summed E-state index contributed by atoms with van der Waals surface area (Å²) in [7, 11) is 1.73. The summed E-state index contributed by atoms with van der Waals surface area (Å²) >= 11 is 0. The van der Waals surface area contributed by atoms with Gasteiger partial charge in [0.15, 0.2) is 5.96 Å². The van der Waals surface area contributed by atoms with Gasteiger partial charge in [-0.25, -0.2) is 0 Å². The molecule has 7 heteroatoms. The van der Waals surface area contributed by atoms with Crippen LogP contribution in [0.5, 0.6) is 0 Å². The summed E-state index contributed by atoms with van der Waals surface area (Å²) in [6.45, 7) is 1.84. The van der Waals surface area contributed by atoms with Gasteiger partial charge >= 0.3 is 0 Å². The predicted octanol–water partition coefficient (Wildman–Crippen LogP) is 2.96. The molecule has 0 aliphatic heterocycles. The number of aliphatic hydroxyl groups is 1. The van der Waals surface area contributed by atoms with E-state index in [0.717, 1.165) is 16.7 Å². The predicted molar refractivity (Wildman–Crippen MR) is 136 cm³/mol. The third-order valence-corrected chi connectivity index (χ3v) is 4.97. The van der Waals surface area contributed by atoms with Gasteiger partial charge in [0.25, 0.3) is 5.56 Å². The highest BCUT2D eigenvalue weighted by Crippen LogP contribution is 2.13. The Hall–Kier alpha value is -2.65. The molecule has 0 bridgehead atoms. The molecule has 1 atom stereocenters. The lowest BCUT2D eigenvalue weighted by Crippen LogP contribution is -2.39. The van der Waals surface area contributed by atoms with Crippen LogP contribution in [0.25, 0.3) is 0 Å². The van der Waals surface area contributed by atoms with Crippen molar-refractivity contribution in [1.29, 1.82) is 0 Å². The molecular formula is C24H29IN4O2. The van der Waals surface area contributed by atoms with E-state index in [4.69, 9.17) is 0 Å². The van der Waals surface area contributed by atoms with Gasteiger partial charge in [-0.1, -0.05) is 60.7 Å². The summed E-state index contributed by atoms with van der Waals surface area (Å²) in [5.41, 5.74) is 3.28. The second kappa shape index (κ2) is 12.9. The lowest BCUT2D eigenvalue weighted by atomic mass is 10.0. The van der Waals surface area contributed by atoms with Crippen molar-refractivity contribution in [3.8, 4) is 0 Å². The molecule has 1 aromatic heterocycles. The van der Waals surface area contributed by atoms with Crippen LogP contribution in [-0.2, 0) is 13.1 Å². The zero-order valence-electron chi connectivity index (χ0n) is 17.6. The zero-order chi connectivity index (χ0) is 21.2. The first-order chi connectivity index (χ1) is 14.7. The van der Waals surface area contributed by atoms with Crippen LogP contribution in [0.2, 0.25) is 0 Å². The average molecular weight is 532 g/mol. The van der Waals surface area contributed by atoms with E-state index in [9.17, 15) is 9.90 Å². The van der Waals surface area contributed by atoms with Gasteiger partial charge in [0, 0.05) is 38.3 Å². The standard InChI is InChI=1S/C24H28N4O2.HI/c1-25-24(27-16-22(18-29)21-7-3-2-4-8-21)26-15-19-10-12-20(13-11-19)17-28-14-6-5-9-23(28)30;/h2-14,22,29H,15-18H2,1H3,(H2,25,26,27);1H. The van der Waals surface area contributed by atoms with E-state index in [1.54, 1.807) is 29.9 Å². The van der Waals surface area contributed by atoms with Crippen molar-refractivity contribution in [3.63, 3.8) is 0 Å². The molecule has 31 heavy (non-hydrogen) atoms. The molecule has 0 radical (unpaired) electrons. The van der Waals surface area contributed by atoms with Crippen LogP contribution in [0.15, 0.2) is 88.8 Å². The Kier molecular flexibility index (Phi) is 10.3. The van der Waals surface area contributed by atoms with E-state index < -0.39 is 0 Å². The number of nitrogens with zero attached hydrogens (tertiary/aromatic N) is 2. The molecule has 6 nitrogen and oxygen atoms in total. The van der Waals surface area contributed by atoms with E-state index >= 15 is 0 Å². The molecule has 1 unspecified atom stereocenters. The molecule has 2 aromatic carbocycles. The Balaban J connectivity index is 0.00000341. The highest BCUT2D eigenvalue weighted by atomic mass is 127. The molecule has 0 aliphatic carbocycles. The number of pyridine rings is 1. The van der Waals surface area contributed by atoms with Gasteiger partial charge in [-0.2, -0.15) is 0 Å². The summed E-state index contributed by atoms with van der Waals surface area (Å²) in [5.74, 6) is 0.690. The molecule has 0 saturated carbocycles. The second-order valence-corrected chi connectivity index (χ2v) is 7.08. The van der Waals surface area contributed by atoms with Crippen molar-refractivity contribution < 1.29 is 5.11 Å². The van der Waals surface area contributed by atoms with Gasteiger partial charge in [0.2, 0.25) is 0 Å². The lowest BCUT2D eigenvalue weighted by molar-refractivity contribution is 0.265. The maximum Gasteiger partial charge on any atom is 0.250 e. The number of aliphatic imine (C=N–C) groups is 1. The number of benzene rings is 2. The number of hydrogen-bond acceptors (Lipinski definition) is 3. The van der Waals surface area contributed by atoms with Crippen LogP contribution in [0.4, 0.5) is 0 Å². The average Bonchev–Trinajstić information content (AvgIpc) is 2.79. The Morgan fingerprint density at radius 1 is 0.968 bits per heavy atom. The molecule has 3 N–H and O–H groups in total. The van der Waals surface area contributed by atoms with Crippen LogP contribution in [0, 0.1) is 0 Å². The molecule has 0 fully saturated rings. The van der Waals surface area contributed by atoms with E-state index in [1.165, 1.54) is 0 Å². The maximum absolute atomic E-state index is 11.8. The van der Waals surface area contributed by atoms with E-state index in [1.807, 2.05) is 60.7 Å². The lowest BCUT2D eigenvalue weighted by Gasteiger charge is -2.18. The van der Waals surface area contributed by atoms with Crippen LogP contribution in [0.1, 0.15) is 22.6 Å². The van der Waals surface area contributed by atoms with E-state index in [2.05, 4.69) is 15.6 Å². The third-order valence-electron chi connectivity index (χ3n) is 4.97. The topological polar surface area (TPSA) is 78.7 Å². The highest BCUT2D eigenvalue weighted by molar-refractivity contribution is 14.0. The minimum atomic E-state index is -0.00481. The first-order valence-corrected chi connectivity index (χ1v) is 10.0. The molecule has 0 amide bonds. The number of rotatable bonds is 8. The number of aromatic nitrogens is 1. The van der Waals surface area contributed by atoms with Gasteiger partial charge in [-0.15, -0.1) is 24.0 Å². The fraction of sp³-hybridized carbons (Fsp3) is 0.250. The van der Waals surface area contributed by atoms with Gasteiger partial charge < -0.3 is 20.3 Å². The Bertz CT molecular complexity index is 1000. The van der Waals surface area contributed by atoms with Crippen molar-refractivity contribution in [2.45, 2.75) is 19.0 Å². The molecule has 0 aliphatic rings. The Morgan fingerprint density at radius 3 is 2.29 bits per heavy atom. The largest absolute Gasteiger partial charge is 0.396 e. The van der Waals surface area contributed by atoms with Gasteiger partial charge in [0.05, 0.1) is 13.2 Å². The molecule has 1 heterocycles. The molecule has 0 saturated heterocycles. The smallest absolute Gasteiger partial charge is 0.250 e. The molecule has 164 valence electrons. The molecular weight excluding hydrogens is 503 g/mol. The van der Waals surface area contributed by atoms with Crippen LogP contribution in [-0.4, -0.2) is 35.8 Å². The van der Waals surface area contributed by atoms with Crippen molar-refractivity contribution in [1.82, 2.24) is 15.2 Å². The van der Waals surface area contributed by atoms with Gasteiger partial charge in [-0.3, -0.25) is 9.79 Å². The third kappa shape index (κ3) is 7.52. The first-order valence-electron chi connectivity index (χ1n) is 10.0. The summed E-state index contributed by atoms with van der Waals surface area (Å²) < 4.78 is 1.68.